The number of phenolic OH excluding ortho intramolecular Hbond substituents is 2. The molecule has 16 heteroatoms. The van der Waals surface area contributed by atoms with Crippen LogP contribution < -0.4 is 4.74 Å². The number of hydrogen-bond donors (Lipinski definition) is 8. The minimum atomic E-state index is -2.46. The normalized spacial score (nSPS) is 30.9. The third-order valence-electron chi connectivity index (χ3n) is 7.41. The van der Waals surface area contributed by atoms with E-state index in [1.165, 1.54) is 49.6 Å². The zero-order valence-corrected chi connectivity index (χ0v) is 24.9. The monoisotopic (exact) mass is 664 g/mol. The molecule has 0 saturated carbocycles. The smallest absolute Gasteiger partial charge is 0.331 e. The molecule has 2 fully saturated rings. The molecule has 0 spiro atoms. The first kappa shape index (κ1) is 35.7. The fraction of sp³-hybridized carbons (Fsp3) is 0.419. The first-order valence-corrected chi connectivity index (χ1v) is 14.3. The van der Waals surface area contributed by atoms with E-state index >= 15 is 0 Å². The minimum absolute atomic E-state index is 0.0337. The van der Waals surface area contributed by atoms with Gasteiger partial charge in [-0.2, -0.15) is 0 Å². The lowest BCUT2D eigenvalue weighted by atomic mass is 9.99. The Morgan fingerprint density at radius 1 is 0.851 bits per heavy atom. The van der Waals surface area contributed by atoms with E-state index in [1.54, 1.807) is 12.1 Å². The van der Waals surface area contributed by atoms with Crippen molar-refractivity contribution in [3.05, 3.63) is 65.7 Å². The lowest BCUT2D eigenvalue weighted by Gasteiger charge is -2.43. The van der Waals surface area contributed by atoms with Crippen LogP contribution in [0.4, 0.5) is 0 Å². The van der Waals surface area contributed by atoms with Crippen LogP contribution in [0.2, 0.25) is 0 Å². The highest BCUT2D eigenvalue weighted by Crippen LogP contribution is 2.38. The van der Waals surface area contributed by atoms with E-state index < -0.39 is 86.6 Å². The van der Waals surface area contributed by atoms with Gasteiger partial charge in [0.15, 0.2) is 23.9 Å². The van der Waals surface area contributed by atoms with Crippen LogP contribution in [-0.2, 0) is 33.3 Å². The van der Waals surface area contributed by atoms with Gasteiger partial charge in [-0.1, -0.05) is 18.2 Å². The van der Waals surface area contributed by atoms with Gasteiger partial charge in [-0.15, -0.1) is 0 Å². The van der Waals surface area contributed by atoms with E-state index in [0.717, 1.165) is 12.2 Å². The molecule has 2 aromatic rings. The largest absolute Gasteiger partial charge is 0.508 e. The molecule has 2 aromatic carbocycles. The van der Waals surface area contributed by atoms with Crippen molar-refractivity contribution in [2.24, 2.45) is 0 Å². The molecular formula is C31H36O16. The van der Waals surface area contributed by atoms with Crippen molar-refractivity contribution in [3.8, 4) is 17.2 Å². The number of carbonyl (C=O) groups excluding carboxylic acids is 2. The number of benzene rings is 2. The zero-order valence-electron chi connectivity index (χ0n) is 24.9. The maximum absolute atomic E-state index is 12.8. The summed E-state index contributed by atoms with van der Waals surface area (Å²) in [5.74, 6) is -4.35. The van der Waals surface area contributed by atoms with E-state index in [9.17, 15) is 50.4 Å². The molecular weight excluding hydrogens is 628 g/mol. The molecule has 2 aliphatic rings. The molecule has 0 bridgehead atoms. The average molecular weight is 665 g/mol. The zero-order chi connectivity index (χ0) is 34.3. The van der Waals surface area contributed by atoms with Crippen molar-refractivity contribution >= 4 is 24.1 Å². The fourth-order valence-electron chi connectivity index (χ4n) is 4.85. The summed E-state index contributed by atoms with van der Waals surface area (Å²) in [6.07, 6.45) is -9.38. The number of aromatic hydroxyl groups is 2. The molecule has 9 atom stereocenters. The number of ether oxygens (including phenoxy) is 6. The lowest BCUT2D eigenvalue weighted by molar-refractivity contribution is -0.383. The van der Waals surface area contributed by atoms with Crippen LogP contribution in [0.5, 0.6) is 17.2 Å². The third kappa shape index (κ3) is 8.44. The predicted molar refractivity (Wildman–Crippen MR) is 157 cm³/mol. The Morgan fingerprint density at radius 3 is 2.17 bits per heavy atom. The summed E-state index contributed by atoms with van der Waals surface area (Å²) in [7, 11) is 1.34. The van der Waals surface area contributed by atoms with Crippen LogP contribution in [0.25, 0.3) is 12.2 Å². The molecule has 0 aliphatic carbocycles. The van der Waals surface area contributed by atoms with Crippen molar-refractivity contribution in [2.45, 2.75) is 54.8 Å². The molecule has 47 heavy (non-hydrogen) atoms. The first-order chi connectivity index (χ1) is 22.4. The van der Waals surface area contributed by atoms with Gasteiger partial charge < -0.3 is 69.3 Å². The number of methoxy groups -OCH3 is 1. The van der Waals surface area contributed by atoms with Gasteiger partial charge in [-0.05, 0) is 47.5 Å². The molecule has 2 heterocycles. The summed E-state index contributed by atoms with van der Waals surface area (Å²) in [5.41, 5.74) is 0.993. The SMILES string of the molecule is COc1cc(/C=C/C(=O)O[C@H]2[C@H](O)[C@@H](CO)O[C@@]2(CO)O[C@H]2O[C@H](COC(=O)/C=C/c3ccc(O)cc3)[C@@H](O)[C@H](O)[C@H]2O)ccc1O. The van der Waals surface area contributed by atoms with Gasteiger partial charge in [0.25, 0.3) is 0 Å². The van der Waals surface area contributed by atoms with Crippen LogP contribution in [-0.4, -0.2) is 135 Å². The van der Waals surface area contributed by atoms with E-state index in [0.29, 0.717) is 11.1 Å². The molecule has 2 aliphatic heterocycles. The van der Waals surface area contributed by atoms with Crippen molar-refractivity contribution in [1.29, 1.82) is 0 Å². The Morgan fingerprint density at radius 2 is 1.51 bits per heavy atom. The summed E-state index contributed by atoms with van der Waals surface area (Å²) in [6, 6.07) is 10.1. The highest BCUT2D eigenvalue weighted by Gasteiger charge is 2.60. The summed E-state index contributed by atoms with van der Waals surface area (Å²) in [5, 5.41) is 81.6. The van der Waals surface area contributed by atoms with Crippen LogP contribution in [0, 0.1) is 0 Å². The Balaban J connectivity index is 1.46. The van der Waals surface area contributed by atoms with Crippen LogP contribution in [0.15, 0.2) is 54.6 Å². The molecule has 256 valence electrons. The van der Waals surface area contributed by atoms with E-state index in [-0.39, 0.29) is 17.2 Å². The number of carbonyl (C=O) groups is 2. The molecule has 4 rings (SSSR count). The number of aliphatic hydroxyl groups excluding tert-OH is 6. The van der Waals surface area contributed by atoms with E-state index in [4.69, 9.17) is 28.4 Å². The van der Waals surface area contributed by atoms with Gasteiger partial charge in [-0.3, -0.25) is 0 Å². The predicted octanol–water partition coefficient (Wildman–Crippen LogP) is -1.45. The quantitative estimate of drug-likeness (QED) is 0.0955. The van der Waals surface area contributed by atoms with Gasteiger partial charge in [0.2, 0.25) is 5.79 Å². The fourth-order valence-corrected chi connectivity index (χ4v) is 4.85. The highest BCUT2D eigenvalue weighted by molar-refractivity contribution is 5.87. The third-order valence-corrected chi connectivity index (χ3v) is 7.41. The standard InChI is InChI=1S/C31H36O16/c1-42-20-12-17(4-9-19(20)35)6-11-24(37)45-29-26(39)21(13-32)46-31(29,15-33)47-30-28(41)27(40)25(38)22(44-30)14-43-23(36)10-5-16-2-7-18(34)8-3-16/h2-12,21-22,25-30,32-35,38-41H,13-15H2,1H3/b10-5+,11-6+/t21-,22-,25-,26-,27+,28-,29+,30-,31+/m1/s1. The second-order valence-electron chi connectivity index (χ2n) is 10.6. The molecule has 0 unspecified atom stereocenters. The Bertz CT molecular complexity index is 1430. The van der Waals surface area contributed by atoms with Crippen molar-refractivity contribution < 1.29 is 78.9 Å². The van der Waals surface area contributed by atoms with Gasteiger partial charge in [0, 0.05) is 12.2 Å². The maximum Gasteiger partial charge on any atom is 0.331 e. The highest BCUT2D eigenvalue weighted by atomic mass is 16.8. The molecule has 0 aromatic heterocycles. The van der Waals surface area contributed by atoms with E-state index in [1.807, 2.05) is 0 Å². The second-order valence-corrected chi connectivity index (χ2v) is 10.6. The lowest BCUT2D eigenvalue weighted by Crippen LogP contribution is -2.63. The molecule has 0 amide bonds. The second kappa shape index (κ2) is 15.7. The van der Waals surface area contributed by atoms with Crippen LogP contribution in [0.1, 0.15) is 11.1 Å². The number of aliphatic hydroxyl groups is 6. The molecule has 0 radical (unpaired) electrons. The van der Waals surface area contributed by atoms with Gasteiger partial charge in [0.05, 0.1) is 13.7 Å². The Kier molecular flexibility index (Phi) is 11.9. The average Bonchev–Trinajstić information content (AvgIpc) is 3.33. The molecule has 16 nitrogen and oxygen atoms in total. The van der Waals surface area contributed by atoms with Gasteiger partial charge >= 0.3 is 11.9 Å². The molecule has 2 saturated heterocycles. The van der Waals surface area contributed by atoms with Gasteiger partial charge in [0.1, 0.15) is 55.6 Å². The van der Waals surface area contributed by atoms with Crippen molar-refractivity contribution in [3.63, 3.8) is 0 Å². The van der Waals surface area contributed by atoms with Crippen molar-refractivity contribution in [1.82, 2.24) is 0 Å². The van der Waals surface area contributed by atoms with Gasteiger partial charge in [-0.25, -0.2) is 9.59 Å². The Hall–Kier alpha value is -4.10. The number of hydrogen-bond acceptors (Lipinski definition) is 16. The van der Waals surface area contributed by atoms with E-state index in [2.05, 4.69) is 0 Å². The summed E-state index contributed by atoms with van der Waals surface area (Å²) in [6.45, 7) is -2.57. The first-order valence-electron chi connectivity index (χ1n) is 14.3. The topological polar surface area (TPSA) is 251 Å². The Labute approximate surface area is 267 Å². The maximum atomic E-state index is 12.8. The summed E-state index contributed by atoms with van der Waals surface area (Å²) >= 11 is 0. The molecule has 8 N–H and O–H groups in total. The number of esters is 2. The van der Waals surface area contributed by atoms with Crippen LogP contribution in [0.3, 0.4) is 0 Å². The summed E-state index contributed by atoms with van der Waals surface area (Å²) in [4.78, 5) is 25.0. The summed E-state index contributed by atoms with van der Waals surface area (Å²) < 4.78 is 32.3. The van der Waals surface area contributed by atoms with Crippen LogP contribution >= 0.6 is 0 Å². The number of rotatable bonds is 12. The van der Waals surface area contributed by atoms with Crippen molar-refractivity contribution in [2.75, 3.05) is 26.9 Å². The minimum Gasteiger partial charge on any atom is -0.508 e. The number of phenols is 2.